The Morgan fingerprint density at radius 3 is 3.00 bits per heavy atom. The average molecular weight is 257 g/mol. The van der Waals surface area contributed by atoms with Crippen molar-refractivity contribution in [2.75, 3.05) is 18.1 Å². The first-order valence-electron chi connectivity index (χ1n) is 6.98. The number of aliphatic hydroxyl groups is 1. The van der Waals surface area contributed by atoms with E-state index in [0.717, 1.165) is 36.2 Å². The number of hydrogen-bond donors (Lipinski definition) is 1. The molecule has 0 saturated carbocycles. The molecule has 100 valence electrons. The van der Waals surface area contributed by atoms with Crippen LogP contribution in [0.25, 0.3) is 10.9 Å². The lowest BCUT2D eigenvalue weighted by atomic mass is 10.1. The molecule has 2 aromatic rings. The van der Waals surface area contributed by atoms with Gasteiger partial charge in [0, 0.05) is 18.1 Å². The molecule has 1 aliphatic heterocycles. The molecule has 0 spiro atoms. The lowest BCUT2D eigenvalue weighted by Gasteiger charge is -2.28. The molecule has 1 unspecified atom stereocenters. The third-order valence-electron chi connectivity index (χ3n) is 3.82. The van der Waals surface area contributed by atoms with E-state index in [0.29, 0.717) is 0 Å². The van der Waals surface area contributed by atoms with Gasteiger partial charge in [0.15, 0.2) is 0 Å². The highest BCUT2D eigenvalue weighted by Crippen LogP contribution is 2.22. The molecule has 2 heterocycles. The van der Waals surface area contributed by atoms with Crippen LogP contribution in [0.5, 0.6) is 0 Å². The zero-order valence-corrected chi connectivity index (χ0v) is 11.0. The van der Waals surface area contributed by atoms with Gasteiger partial charge in [-0.25, -0.2) is 9.97 Å². The van der Waals surface area contributed by atoms with Crippen LogP contribution >= 0.6 is 0 Å². The van der Waals surface area contributed by atoms with Crippen LogP contribution < -0.4 is 4.90 Å². The van der Waals surface area contributed by atoms with Gasteiger partial charge in [-0.1, -0.05) is 31.0 Å². The minimum Gasteiger partial charge on any atom is -0.394 e. The largest absolute Gasteiger partial charge is 0.394 e. The Hall–Kier alpha value is -1.68. The number of aromatic nitrogens is 2. The summed E-state index contributed by atoms with van der Waals surface area (Å²) in [5.41, 5.74) is 0.966. The summed E-state index contributed by atoms with van der Waals surface area (Å²) in [5.74, 6) is 0.750. The molecule has 19 heavy (non-hydrogen) atoms. The van der Waals surface area contributed by atoms with E-state index in [1.807, 2.05) is 30.5 Å². The van der Waals surface area contributed by atoms with E-state index < -0.39 is 0 Å². The Bertz CT molecular complexity index is 558. The summed E-state index contributed by atoms with van der Waals surface area (Å²) >= 11 is 0. The van der Waals surface area contributed by atoms with Gasteiger partial charge in [-0.2, -0.15) is 0 Å². The number of hydrogen-bond acceptors (Lipinski definition) is 4. The van der Waals surface area contributed by atoms with Crippen molar-refractivity contribution in [1.82, 2.24) is 9.97 Å². The highest BCUT2D eigenvalue weighted by Gasteiger charge is 2.22. The fraction of sp³-hybridized carbons (Fsp3) is 0.467. The monoisotopic (exact) mass is 257 g/mol. The molecule has 0 aliphatic carbocycles. The Morgan fingerprint density at radius 2 is 2.11 bits per heavy atom. The first kappa shape index (κ1) is 12.4. The van der Waals surface area contributed by atoms with E-state index in [1.165, 1.54) is 12.8 Å². The molecule has 1 aromatic carbocycles. The lowest BCUT2D eigenvalue weighted by molar-refractivity contribution is 0.254. The predicted octanol–water partition coefficient (Wildman–Crippen LogP) is 2.37. The molecule has 1 aliphatic rings. The van der Waals surface area contributed by atoms with Gasteiger partial charge in [-0.05, 0) is 18.9 Å². The van der Waals surface area contributed by atoms with Crippen molar-refractivity contribution >= 4 is 16.9 Å². The van der Waals surface area contributed by atoms with Crippen LogP contribution in [0, 0.1) is 0 Å². The van der Waals surface area contributed by atoms with E-state index in [-0.39, 0.29) is 12.6 Å². The zero-order chi connectivity index (χ0) is 13.1. The van der Waals surface area contributed by atoms with E-state index in [1.54, 1.807) is 0 Å². The van der Waals surface area contributed by atoms with Crippen LogP contribution in [-0.2, 0) is 0 Å². The number of benzene rings is 1. The van der Waals surface area contributed by atoms with Crippen LogP contribution in [0.15, 0.2) is 30.5 Å². The van der Waals surface area contributed by atoms with Gasteiger partial charge in [0.2, 0.25) is 5.95 Å². The summed E-state index contributed by atoms with van der Waals surface area (Å²) < 4.78 is 0. The van der Waals surface area contributed by atoms with Crippen molar-refractivity contribution in [3.05, 3.63) is 30.5 Å². The highest BCUT2D eigenvalue weighted by atomic mass is 16.3. The second-order valence-corrected chi connectivity index (χ2v) is 5.11. The summed E-state index contributed by atoms with van der Waals surface area (Å²) in [6, 6.07) is 8.17. The molecule has 1 fully saturated rings. The molecule has 0 amide bonds. The van der Waals surface area contributed by atoms with Crippen LogP contribution in [0.3, 0.4) is 0 Å². The van der Waals surface area contributed by atoms with Gasteiger partial charge in [0.25, 0.3) is 0 Å². The molecule has 0 bridgehead atoms. The number of anilines is 1. The van der Waals surface area contributed by atoms with Crippen molar-refractivity contribution < 1.29 is 5.11 Å². The van der Waals surface area contributed by atoms with Gasteiger partial charge in [0.05, 0.1) is 18.2 Å². The van der Waals surface area contributed by atoms with Crippen molar-refractivity contribution in [2.45, 2.75) is 31.7 Å². The Morgan fingerprint density at radius 1 is 1.21 bits per heavy atom. The van der Waals surface area contributed by atoms with E-state index in [2.05, 4.69) is 14.9 Å². The first-order valence-corrected chi connectivity index (χ1v) is 6.98. The number of fused-ring (bicyclic) bond motifs is 1. The molecule has 1 N–H and O–H groups in total. The van der Waals surface area contributed by atoms with Crippen LogP contribution in [0.1, 0.15) is 25.7 Å². The molecule has 1 saturated heterocycles. The number of rotatable bonds is 2. The van der Waals surface area contributed by atoms with E-state index in [4.69, 9.17) is 0 Å². The van der Waals surface area contributed by atoms with Crippen molar-refractivity contribution in [3.8, 4) is 0 Å². The maximum atomic E-state index is 9.56. The van der Waals surface area contributed by atoms with Crippen molar-refractivity contribution in [1.29, 1.82) is 0 Å². The van der Waals surface area contributed by atoms with Gasteiger partial charge in [-0.15, -0.1) is 0 Å². The van der Waals surface area contributed by atoms with Crippen LogP contribution in [-0.4, -0.2) is 34.3 Å². The van der Waals surface area contributed by atoms with Crippen LogP contribution in [0.2, 0.25) is 0 Å². The van der Waals surface area contributed by atoms with E-state index >= 15 is 0 Å². The lowest BCUT2D eigenvalue weighted by Crippen LogP contribution is -2.38. The smallest absolute Gasteiger partial charge is 0.226 e. The predicted molar refractivity (Wildman–Crippen MR) is 76.2 cm³/mol. The van der Waals surface area contributed by atoms with Gasteiger partial charge >= 0.3 is 0 Å². The molecule has 4 nitrogen and oxygen atoms in total. The third kappa shape index (κ3) is 2.54. The van der Waals surface area contributed by atoms with Gasteiger partial charge in [0.1, 0.15) is 0 Å². The number of aliphatic hydroxyl groups excluding tert-OH is 1. The number of nitrogens with zero attached hydrogens (tertiary/aromatic N) is 3. The van der Waals surface area contributed by atoms with Crippen molar-refractivity contribution in [3.63, 3.8) is 0 Å². The van der Waals surface area contributed by atoms with Gasteiger partial charge in [-0.3, -0.25) is 0 Å². The fourth-order valence-corrected chi connectivity index (χ4v) is 2.73. The number of para-hydroxylation sites is 1. The normalized spacial score (nSPS) is 20.5. The molecular weight excluding hydrogens is 238 g/mol. The summed E-state index contributed by atoms with van der Waals surface area (Å²) in [6.07, 6.45) is 6.44. The summed E-state index contributed by atoms with van der Waals surface area (Å²) in [7, 11) is 0. The maximum Gasteiger partial charge on any atom is 0.226 e. The molecule has 0 radical (unpaired) electrons. The quantitative estimate of drug-likeness (QED) is 0.897. The maximum absolute atomic E-state index is 9.56. The Labute approximate surface area is 113 Å². The standard InChI is InChI=1S/C15H19N3O/c19-11-13-7-2-1-5-9-18(13)15-16-10-12-6-3-4-8-14(12)17-15/h3-4,6,8,10,13,19H,1-2,5,7,9,11H2. The van der Waals surface area contributed by atoms with Crippen molar-refractivity contribution in [2.24, 2.45) is 0 Å². The minimum absolute atomic E-state index is 0.156. The van der Waals surface area contributed by atoms with Crippen LogP contribution in [0.4, 0.5) is 5.95 Å². The minimum atomic E-state index is 0.156. The summed E-state index contributed by atoms with van der Waals surface area (Å²) in [5, 5.41) is 10.6. The third-order valence-corrected chi connectivity index (χ3v) is 3.82. The molecule has 1 atom stereocenters. The average Bonchev–Trinajstić information content (AvgIpc) is 2.72. The SMILES string of the molecule is OCC1CCCCCN1c1ncc2ccccc2n1. The Kier molecular flexibility index (Phi) is 3.60. The molecule has 3 rings (SSSR count). The van der Waals surface area contributed by atoms with E-state index in [9.17, 15) is 5.11 Å². The zero-order valence-electron chi connectivity index (χ0n) is 11.0. The molecule has 1 aromatic heterocycles. The Balaban J connectivity index is 1.96. The summed E-state index contributed by atoms with van der Waals surface area (Å²) in [4.78, 5) is 11.3. The second kappa shape index (κ2) is 5.53. The fourth-order valence-electron chi connectivity index (χ4n) is 2.73. The highest BCUT2D eigenvalue weighted by molar-refractivity contribution is 5.78. The summed E-state index contributed by atoms with van der Waals surface area (Å²) in [6.45, 7) is 1.11. The van der Waals surface area contributed by atoms with Gasteiger partial charge < -0.3 is 10.0 Å². The molecular formula is C15H19N3O. The first-order chi connectivity index (χ1) is 9.38. The topological polar surface area (TPSA) is 49.2 Å². The second-order valence-electron chi connectivity index (χ2n) is 5.11. The molecule has 4 heteroatoms.